The molecule has 2 saturated heterocycles. The van der Waals surface area contributed by atoms with E-state index in [9.17, 15) is 4.79 Å². The number of benzene rings is 1. The van der Waals surface area contributed by atoms with Crippen LogP contribution in [0.5, 0.6) is 0 Å². The molecule has 1 aromatic carbocycles. The summed E-state index contributed by atoms with van der Waals surface area (Å²) in [5.41, 5.74) is -0.725. The molecule has 0 unspecified atom stereocenters. The fraction of sp³-hybridized carbons (Fsp3) is 0.682. The molecule has 0 amide bonds. The van der Waals surface area contributed by atoms with Crippen LogP contribution >= 0.6 is 0 Å². The van der Waals surface area contributed by atoms with Gasteiger partial charge in [0.25, 0.3) is 0 Å². The maximum atomic E-state index is 12.1. The normalized spacial score (nSPS) is 36.6. The zero-order valence-electron chi connectivity index (χ0n) is 18.2. The molecule has 0 saturated carbocycles. The lowest BCUT2D eigenvalue weighted by atomic mass is 9.82. The highest BCUT2D eigenvalue weighted by atomic mass is 28.4. The predicted molar refractivity (Wildman–Crippen MR) is 111 cm³/mol. The Hall–Kier alpha value is -1.05. The van der Waals surface area contributed by atoms with Crippen LogP contribution in [0.15, 0.2) is 30.3 Å². The number of hydrogen-bond acceptors (Lipinski definition) is 5. The number of aldehydes is 1. The first-order valence-electron chi connectivity index (χ1n) is 10.1. The minimum absolute atomic E-state index is 0.0423. The Morgan fingerprint density at radius 2 is 1.82 bits per heavy atom. The Balaban J connectivity index is 1.84. The third kappa shape index (κ3) is 3.98. The molecule has 1 aromatic rings. The van der Waals surface area contributed by atoms with E-state index in [2.05, 4.69) is 33.9 Å². The summed E-state index contributed by atoms with van der Waals surface area (Å²) in [4.78, 5) is 12.1. The molecule has 2 aliphatic rings. The third-order valence-electron chi connectivity index (χ3n) is 6.56. The maximum absolute atomic E-state index is 12.1. The molecule has 2 fully saturated rings. The van der Waals surface area contributed by atoms with Gasteiger partial charge in [0.15, 0.2) is 20.9 Å². The van der Waals surface area contributed by atoms with Gasteiger partial charge in [-0.2, -0.15) is 0 Å². The summed E-state index contributed by atoms with van der Waals surface area (Å²) in [6, 6.07) is 9.91. The Labute approximate surface area is 169 Å². The van der Waals surface area contributed by atoms with Gasteiger partial charge in [-0.25, -0.2) is 0 Å². The number of carbonyl (C=O) groups is 1. The highest BCUT2D eigenvalue weighted by Crippen LogP contribution is 2.46. The first-order chi connectivity index (χ1) is 12.9. The molecule has 3 rings (SSSR count). The molecular formula is C22H34O5Si. The summed E-state index contributed by atoms with van der Waals surface area (Å²) < 4.78 is 25.3. The van der Waals surface area contributed by atoms with Crippen molar-refractivity contribution in [3.63, 3.8) is 0 Å². The average molecular weight is 407 g/mol. The number of ether oxygens (including phenoxy) is 3. The quantitative estimate of drug-likeness (QED) is 0.539. The van der Waals surface area contributed by atoms with Crippen molar-refractivity contribution >= 4 is 14.6 Å². The number of carbonyl (C=O) groups excluding carboxylic acids is 1. The average Bonchev–Trinajstić information content (AvgIpc) is 2.62. The second-order valence-corrected chi connectivity index (χ2v) is 14.8. The largest absolute Gasteiger partial charge is 0.410 e. The minimum Gasteiger partial charge on any atom is -0.410 e. The highest BCUT2D eigenvalue weighted by Gasteiger charge is 2.57. The smallest absolute Gasteiger partial charge is 0.192 e. The van der Waals surface area contributed by atoms with E-state index in [1.54, 1.807) is 0 Å². The van der Waals surface area contributed by atoms with Crippen LogP contribution in [-0.4, -0.2) is 44.6 Å². The predicted octanol–water partition coefficient (Wildman–Crippen LogP) is 4.63. The topological polar surface area (TPSA) is 54.0 Å². The fourth-order valence-corrected chi connectivity index (χ4v) is 5.04. The second kappa shape index (κ2) is 7.33. The SMILES string of the molecule is CC(C)(C)[Si](C)(C)O[C@@H]1C[C@@H]2O[C@H](c3ccccc3)OC[C@@]2(C)O[C@@]1(C)C=O. The van der Waals surface area contributed by atoms with E-state index in [4.69, 9.17) is 18.6 Å². The molecule has 0 N–H and O–H groups in total. The van der Waals surface area contributed by atoms with Gasteiger partial charge in [-0.3, -0.25) is 0 Å². The monoisotopic (exact) mass is 406 g/mol. The van der Waals surface area contributed by atoms with E-state index in [0.717, 1.165) is 11.8 Å². The van der Waals surface area contributed by atoms with Gasteiger partial charge in [0.05, 0.1) is 18.8 Å². The number of rotatable bonds is 4. The van der Waals surface area contributed by atoms with Gasteiger partial charge >= 0.3 is 0 Å². The van der Waals surface area contributed by atoms with E-state index < -0.39 is 25.8 Å². The van der Waals surface area contributed by atoms with Crippen molar-refractivity contribution in [1.29, 1.82) is 0 Å². The third-order valence-corrected chi connectivity index (χ3v) is 11.0. The Morgan fingerprint density at radius 1 is 1.18 bits per heavy atom. The Kier molecular flexibility index (Phi) is 5.67. The van der Waals surface area contributed by atoms with Gasteiger partial charge in [-0.15, -0.1) is 0 Å². The lowest BCUT2D eigenvalue weighted by Gasteiger charge is -2.55. The van der Waals surface area contributed by atoms with Crippen molar-refractivity contribution < 1.29 is 23.4 Å². The van der Waals surface area contributed by atoms with Crippen molar-refractivity contribution in [3.8, 4) is 0 Å². The first-order valence-corrected chi connectivity index (χ1v) is 13.0. The molecule has 28 heavy (non-hydrogen) atoms. The van der Waals surface area contributed by atoms with Crippen molar-refractivity contribution in [1.82, 2.24) is 0 Å². The molecule has 0 aliphatic carbocycles. The number of hydrogen-bond donors (Lipinski definition) is 0. The van der Waals surface area contributed by atoms with Crippen molar-refractivity contribution in [2.24, 2.45) is 0 Å². The molecule has 5 nitrogen and oxygen atoms in total. The lowest BCUT2D eigenvalue weighted by Crippen LogP contribution is -2.67. The molecule has 0 spiro atoms. The zero-order valence-corrected chi connectivity index (χ0v) is 19.2. The molecule has 2 heterocycles. The van der Waals surface area contributed by atoms with E-state index in [1.165, 1.54) is 0 Å². The summed E-state index contributed by atoms with van der Waals surface area (Å²) in [5.74, 6) is 0. The summed E-state index contributed by atoms with van der Waals surface area (Å²) in [7, 11) is -2.08. The Bertz CT molecular complexity index is 701. The Morgan fingerprint density at radius 3 is 2.39 bits per heavy atom. The van der Waals surface area contributed by atoms with Crippen LogP contribution in [0.4, 0.5) is 0 Å². The standard InChI is InChI=1S/C22H34O5Si/c1-20(2,3)28(6,7)26-18-13-17-22(5,27-21(18,4)14-23)15-24-19(25-17)16-11-9-8-10-12-16/h8-12,14,17-19H,13,15H2,1-7H3/t17-,18+,19+,21-,22+/m0/s1. The van der Waals surface area contributed by atoms with E-state index in [-0.39, 0.29) is 17.2 Å². The minimum atomic E-state index is -2.08. The molecule has 0 bridgehead atoms. The fourth-order valence-electron chi connectivity index (χ4n) is 3.65. The summed E-state index contributed by atoms with van der Waals surface area (Å²) in [5, 5.41) is 0.0423. The van der Waals surface area contributed by atoms with Gasteiger partial charge in [-0.05, 0) is 32.0 Å². The van der Waals surface area contributed by atoms with E-state index in [0.29, 0.717) is 13.0 Å². The molecule has 156 valence electrons. The van der Waals surface area contributed by atoms with Crippen LogP contribution in [0, 0.1) is 0 Å². The van der Waals surface area contributed by atoms with Crippen LogP contribution in [0.3, 0.4) is 0 Å². The molecule has 0 aromatic heterocycles. The van der Waals surface area contributed by atoms with Crippen molar-refractivity contribution in [3.05, 3.63) is 35.9 Å². The molecule has 6 heteroatoms. The molecule has 5 atom stereocenters. The van der Waals surface area contributed by atoms with Gasteiger partial charge in [-0.1, -0.05) is 51.1 Å². The van der Waals surface area contributed by atoms with Gasteiger partial charge in [0.1, 0.15) is 11.2 Å². The maximum Gasteiger partial charge on any atom is 0.192 e. The summed E-state index contributed by atoms with van der Waals surface area (Å²) in [6.45, 7) is 15.1. The number of fused-ring (bicyclic) bond motifs is 1. The van der Waals surface area contributed by atoms with Crippen LogP contribution in [0.1, 0.15) is 52.9 Å². The molecule has 0 radical (unpaired) electrons. The highest BCUT2D eigenvalue weighted by molar-refractivity contribution is 6.74. The molecular weight excluding hydrogens is 372 g/mol. The van der Waals surface area contributed by atoms with Crippen molar-refractivity contribution in [2.75, 3.05) is 6.61 Å². The summed E-state index contributed by atoms with van der Waals surface area (Å²) in [6.07, 6.45) is 0.491. The van der Waals surface area contributed by atoms with Crippen molar-refractivity contribution in [2.45, 2.75) is 88.9 Å². The second-order valence-electron chi connectivity index (χ2n) is 10.00. The van der Waals surface area contributed by atoms with E-state index in [1.807, 2.05) is 44.2 Å². The van der Waals surface area contributed by atoms with Crippen LogP contribution in [-0.2, 0) is 23.4 Å². The van der Waals surface area contributed by atoms with Gasteiger partial charge < -0.3 is 23.4 Å². The van der Waals surface area contributed by atoms with E-state index >= 15 is 0 Å². The summed E-state index contributed by atoms with van der Waals surface area (Å²) >= 11 is 0. The van der Waals surface area contributed by atoms with Gasteiger partial charge in [0.2, 0.25) is 0 Å². The van der Waals surface area contributed by atoms with Crippen LogP contribution in [0.2, 0.25) is 18.1 Å². The molecule has 2 aliphatic heterocycles. The van der Waals surface area contributed by atoms with Crippen LogP contribution in [0.25, 0.3) is 0 Å². The van der Waals surface area contributed by atoms with Crippen LogP contribution < -0.4 is 0 Å². The lowest BCUT2D eigenvalue weighted by molar-refractivity contribution is -0.346. The first kappa shape index (κ1) is 21.7. The zero-order chi connectivity index (χ0) is 20.8. The van der Waals surface area contributed by atoms with Gasteiger partial charge in [0, 0.05) is 12.0 Å².